The van der Waals surface area contributed by atoms with E-state index in [9.17, 15) is 4.79 Å². The number of amides is 1. The number of piperidine rings is 1. The summed E-state index contributed by atoms with van der Waals surface area (Å²) < 4.78 is 5.77. The van der Waals surface area contributed by atoms with Crippen LogP contribution >= 0.6 is 11.8 Å². The standard InChI is InChI=1S/C21H39N5O2S/c1-3-22-20(23-18-21(29-2)7-15-28-16-8-21)26-13-11-24(12-14-26)17-19(27)25-9-5-4-6-10-25/h3-18H2,1-2H3,(H,22,23). The molecule has 0 bridgehead atoms. The number of ether oxygens (including phenoxy) is 1. The Labute approximate surface area is 180 Å². The van der Waals surface area contributed by atoms with Gasteiger partial charge in [-0.2, -0.15) is 11.8 Å². The first-order valence-electron chi connectivity index (χ1n) is 11.3. The number of carbonyl (C=O) groups is 1. The van der Waals surface area contributed by atoms with Crippen molar-refractivity contribution < 1.29 is 9.53 Å². The Balaban J connectivity index is 1.50. The molecular formula is C21H39N5O2S. The highest BCUT2D eigenvalue weighted by atomic mass is 32.2. The van der Waals surface area contributed by atoms with Gasteiger partial charge in [-0.05, 0) is 45.3 Å². The summed E-state index contributed by atoms with van der Waals surface area (Å²) in [5, 5.41) is 3.48. The lowest BCUT2D eigenvalue weighted by Crippen LogP contribution is -2.54. The van der Waals surface area contributed by atoms with E-state index in [0.717, 1.165) is 97.2 Å². The Hall–Kier alpha value is -0.990. The van der Waals surface area contributed by atoms with E-state index in [4.69, 9.17) is 9.73 Å². The van der Waals surface area contributed by atoms with Gasteiger partial charge in [-0.15, -0.1) is 0 Å². The van der Waals surface area contributed by atoms with Gasteiger partial charge in [0.25, 0.3) is 0 Å². The van der Waals surface area contributed by atoms with E-state index in [1.807, 2.05) is 11.8 Å². The van der Waals surface area contributed by atoms with Crippen LogP contribution < -0.4 is 5.32 Å². The second-order valence-electron chi connectivity index (χ2n) is 8.37. The molecule has 0 spiro atoms. The number of hydrogen-bond acceptors (Lipinski definition) is 5. The van der Waals surface area contributed by atoms with Crippen LogP contribution in [0.15, 0.2) is 4.99 Å². The predicted octanol–water partition coefficient (Wildman–Crippen LogP) is 1.49. The summed E-state index contributed by atoms with van der Waals surface area (Å²) in [6.45, 7) is 11.7. The number of nitrogens with one attached hydrogen (secondary N) is 1. The van der Waals surface area contributed by atoms with Crippen LogP contribution in [0, 0.1) is 0 Å². The minimum atomic E-state index is 0.210. The Morgan fingerprint density at radius 2 is 1.72 bits per heavy atom. The molecule has 0 saturated carbocycles. The van der Waals surface area contributed by atoms with Gasteiger partial charge in [0.2, 0.25) is 5.91 Å². The molecule has 3 rings (SSSR count). The second-order valence-corrected chi connectivity index (χ2v) is 9.65. The maximum Gasteiger partial charge on any atom is 0.236 e. The summed E-state index contributed by atoms with van der Waals surface area (Å²) >= 11 is 1.94. The average Bonchev–Trinajstić information content (AvgIpc) is 2.78. The van der Waals surface area contributed by atoms with Gasteiger partial charge in [0, 0.05) is 63.8 Å². The van der Waals surface area contributed by atoms with Crippen molar-refractivity contribution in [2.75, 3.05) is 78.4 Å². The molecular weight excluding hydrogens is 386 g/mol. The number of guanidine groups is 1. The van der Waals surface area contributed by atoms with E-state index in [-0.39, 0.29) is 4.75 Å². The molecule has 1 amide bonds. The smallest absolute Gasteiger partial charge is 0.236 e. The number of likely N-dealkylation sites (tertiary alicyclic amines) is 1. The fourth-order valence-corrected chi connectivity index (χ4v) is 5.14. The summed E-state index contributed by atoms with van der Waals surface area (Å²) in [7, 11) is 0. The maximum atomic E-state index is 12.6. The van der Waals surface area contributed by atoms with Gasteiger partial charge >= 0.3 is 0 Å². The Morgan fingerprint density at radius 1 is 1.03 bits per heavy atom. The van der Waals surface area contributed by atoms with Gasteiger partial charge in [0.05, 0.1) is 13.1 Å². The molecule has 1 N–H and O–H groups in total. The van der Waals surface area contributed by atoms with Crippen molar-refractivity contribution in [2.45, 2.75) is 43.8 Å². The summed E-state index contributed by atoms with van der Waals surface area (Å²) in [6.07, 6.45) is 7.93. The van der Waals surface area contributed by atoms with Gasteiger partial charge in [-0.25, -0.2) is 0 Å². The van der Waals surface area contributed by atoms with Crippen LogP contribution in [0.4, 0.5) is 0 Å². The molecule has 7 nitrogen and oxygen atoms in total. The van der Waals surface area contributed by atoms with Crippen molar-refractivity contribution in [3.8, 4) is 0 Å². The lowest BCUT2D eigenvalue weighted by atomic mass is 9.99. The van der Waals surface area contributed by atoms with Crippen LogP contribution in [0.3, 0.4) is 0 Å². The largest absolute Gasteiger partial charge is 0.381 e. The number of thioether (sulfide) groups is 1. The number of hydrogen-bond donors (Lipinski definition) is 1. The molecule has 0 aliphatic carbocycles. The monoisotopic (exact) mass is 425 g/mol. The van der Waals surface area contributed by atoms with Gasteiger partial charge in [-0.1, -0.05) is 0 Å². The second kappa shape index (κ2) is 11.4. The van der Waals surface area contributed by atoms with Crippen LogP contribution in [0.2, 0.25) is 0 Å². The Bertz CT molecular complexity index is 539. The number of nitrogens with zero attached hydrogens (tertiary/aromatic N) is 4. The zero-order valence-corrected chi connectivity index (χ0v) is 19.1. The van der Waals surface area contributed by atoms with Crippen molar-refractivity contribution >= 4 is 23.6 Å². The van der Waals surface area contributed by atoms with Crippen molar-refractivity contribution in [3.05, 3.63) is 0 Å². The minimum absolute atomic E-state index is 0.210. The van der Waals surface area contributed by atoms with E-state index in [1.165, 1.54) is 6.42 Å². The number of aliphatic imine (C=N–C) groups is 1. The van der Waals surface area contributed by atoms with Crippen LogP contribution in [0.25, 0.3) is 0 Å². The molecule has 3 fully saturated rings. The van der Waals surface area contributed by atoms with Gasteiger partial charge < -0.3 is 19.9 Å². The number of piperazine rings is 1. The lowest BCUT2D eigenvalue weighted by Gasteiger charge is -2.38. The predicted molar refractivity (Wildman–Crippen MR) is 121 cm³/mol. The molecule has 0 unspecified atom stereocenters. The highest BCUT2D eigenvalue weighted by Gasteiger charge is 2.32. The molecule has 3 saturated heterocycles. The molecule has 0 aromatic rings. The van der Waals surface area contributed by atoms with E-state index >= 15 is 0 Å². The lowest BCUT2D eigenvalue weighted by molar-refractivity contribution is -0.133. The highest BCUT2D eigenvalue weighted by molar-refractivity contribution is 8.00. The van der Waals surface area contributed by atoms with Crippen molar-refractivity contribution in [2.24, 2.45) is 4.99 Å². The number of carbonyl (C=O) groups excluding carboxylic acids is 1. The SMILES string of the molecule is CCNC(=NCC1(SC)CCOCC1)N1CCN(CC(=O)N2CCCCC2)CC1. The average molecular weight is 426 g/mol. The third kappa shape index (κ3) is 6.49. The van der Waals surface area contributed by atoms with Crippen molar-refractivity contribution in [1.82, 2.24) is 20.0 Å². The van der Waals surface area contributed by atoms with Crippen LogP contribution in [0.1, 0.15) is 39.0 Å². The maximum absolute atomic E-state index is 12.6. The van der Waals surface area contributed by atoms with Gasteiger partial charge in [0.1, 0.15) is 0 Å². The fraction of sp³-hybridized carbons (Fsp3) is 0.905. The summed E-state index contributed by atoms with van der Waals surface area (Å²) in [5.74, 6) is 1.33. The zero-order chi connectivity index (χ0) is 20.5. The topological polar surface area (TPSA) is 60.4 Å². The molecule has 0 aromatic heterocycles. The molecule has 8 heteroatoms. The molecule has 166 valence electrons. The molecule has 0 radical (unpaired) electrons. The first-order chi connectivity index (χ1) is 14.2. The molecule has 0 aromatic carbocycles. The Morgan fingerprint density at radius 3 is 2.34 bits per heavy atom. The third-order valence-corrected chi connectivity index (χ3v) is 7.83. The zero-order valence-electron chi connectivity index (χ0n) is 18.3. The molecule has 3 heterocycles. The normalized spacial score (nSPS) is 23.9. The molecule has 3 aliphatic heterocycles. The Kier molecular flexibility index (Phi) is 8.93. The fourth-order valence-electron chi connectivity index (χ4n) is 4.37. The van der Waals surface area contributed by atoms with Crippen LogP contribution in [0.5, 0.6) is 0 Å². The molecule has 0 atom stereocenters. The van der Waals surface area contributed by atoms with E-state index in [0.29, 0.717) is 12.5 Å². The van der Waals surface area contributed by atoms with Gasteiger partial charge in [0.15, 0.2) is 5.96 Å². The van der Waals surface area contributed by atoms with E-state index in [1.54, 1.807) is 0 Å². The van der Waals surface area contributed by atoms with E-state index in [2.05, 4.69) is 33.2 Å². The quantitative estimate of drug-likeness (QED) is 0.514. The van der Waals surface area contributed by atoms with E-state index < -0.39 is 0 Å². The molecule has 29 heavy (non-hydrogen) atoms. The van der Waals surface area contributed by atoms with Crippen LogP contribution in [-0.4, -0.2) is 110 Å². The van der Waals surface area contributed by atoms with Crippen LogP contribution in [-0.2, 0) is 9.53 Å². The molecule has 3 aliphatic rings. The van der Waals surface area contributed by atoms with Crippen molar-refractivity contribution in [1.29, 1.82) is 0 Å². The third-order valence-electron chi connectivity index (χ3n) is 6.43. The van der Waals surface area contributed by atoms with Crippen molar-refractivity contribution in [3.63, 3.8) is 0 Å². The first-order valence-corrected chi connectivity index (χ1v) is 12.5. The minimum Gasteiger partial charge on any atom is -0.381 e. The highest BCUT2D eigenvalue weighted by Crippen LogP contribution is 2.34. The summed E-state index contributed by atoms with van der Waals surface area (Å²) in [5.41, 5.74) is 0. The van der Waals surface area contributed by atoms with Gasteiger partial charge in [-0.3, -0.25) is 14.7 Å². The summed E-state index contributed by atoms with van der Waals surface area (Å²) in [4.78, 5) is 24.3. The number of rotatable bonds is 6. The first kappa shape index (κ1) is 22.7. The summed E-state index contributed by atoms with van der Waals surface area (Å²) in [6, 6.07) is 0.